The fraction of sp³-hybridized carbons (Fsp3) is 0.333. The average Bonchev–Trinajstić information content (AvgIpc) is 2.73. The Labute approximate surface area is 189 Å². The van der Waals surface area contributed by atoms with Gasteiger partial charge in [0.15, 0.2) is 11.5 Å². The van der Waals surface area contributed by atoms with Gasteiger partial charge in [-0.25, -0.2) is 5.43 Å². The van der Waals surface area contributed by atoms with Gasteiger partial charge < -0.3 is 9.84 Å². The summed E-state index contributed by atoms with van der Waals surface area (Å²) in [7, 11) is 1.47. The first-order chi connectivity index (χ1) is 14.5. The van der Waals surface area contributed by atoms with Crippen molar-refractivity contribution >= 4 is 39.7 Å². The Balaban J connectivity index is 1.43. The molecule has 1 fully saturated rings. The SMILES string of the molecule is COc1cc(/C=N\NC(=O)CN2CCN(Cc3ccccc3Cl)CC2)cc(Br)c1O. The van der Waals surface area contributed by atoms with Crippen LogP contribution in [0.5, 0.6) is 11.5 Å². The minimum Gasteiger partial charge on any atom is -0.503 e. The molecule has 3 rings (SSSR count). The van der Waals surface area contributed by atoms with Gasteiger partial charge in [0.25, 0.3) is 5.91 Å². The summed E-state index contributed by atoms with van der Waals surface area (Å²) in [5.74, 6) is 0.176. The lowest BCUT2D eigenvalue weighted by atomic mass is 10.2. The smallest absolute Gasteiger partial charge is 0.254 e. The van der Waals surface area contributed by atoms with Gasteiger partial charge in [0.05, 0.1) is 24.3 Å². The van der Waals surface area contributed by atoms with Crippen molar-refractivity contribution < 1.29 is 14.6 Å². The van der Waals surface area contributed by atoms with Gasteiger partial charge in [-0.1, -0.05) is 29.8 Å². The molecule has 0 bridgehead atoms. The molecule has 7 nitrogen and oxygen atoms in total. The Morgan fingerprint density at radius 1 is 1.27 bits per heavy atom. The van der Waals surface area contributed by atoms with Crippen LogP contribution in [-0.4, -0.2) is 66.9 Å². The number of ether oxygens (including phenoxy) is 1. The molecule has 1 amide bonds. The van der Waals surface area contributed by atoms with Crippen LogP contribution in [-0.2, 0) is 11.3 Å². The molecule has 1 heterocycles. The number of halogens is 2. The summed E-state index contributed by atoms with van der Waals surface area (Å²) in [4.78, 5) is 16.6. The number of nitrogens with one attached hydrogen (secondary N) is 1. The Morgan fingerprint density at radius 2 is 1.97 bits per heavy atom. The van der Waals surface area contributed by atoms with Crippen molar-refractivity contribution in [3.8, 4) is 11.5 Å². The molecule has 160 valence electrons. The molecule has 0 aromatic heterocycles. The van der Waals surface area contributed by atoms with Gasteiger partial charge >= 0.3 is 0 Å². The molecular formula is C21H24BrClN4O3. The second-order valence-electron chi connectivity index (χ2n) is 6.99. The van der Waals surface area contributed by atoms with Gasteiger partial charge in [-0.05, 0) is 45.3 Å². The Morgan fingerprint density at radius 3 is 2.67 bits per heavy atom. The van der Waals surface area contributed by atoms with Crippen molar-refractivity contribution in [2.75, 3.05) is 39.8 Å². The third kappa shape index (κ3) is 6.18. The van der Waals surface area contributed by atoms with Gasteiger partial charge in [0, 0.05) is 37.7 Å². The lowest BCUT2D eigenvalue weighted by Crippen LogP contribution is -2.48. The van der Waals surface area contributed by atoms with Gasteiger partial charge in [-0.3, -0.25) is 14.6 Å². The molecule has 9 heteroatoms. The Hall–Kier alpha value is -2.13. The quantitative estimate of drug-likeness (QED) is 0.456. The molecule has 1 aliphatic heterocycles. The van der Waals surface area contributed by atoms with Crippen molar-refractivity contribution in [3.05, 3.63) is 57.0 Å². The number of rotatable bonds is 7. The van der Waals surface area contributed by atoms with E-state index in [-0.39, 0.29) is 11.7 Å². The van der Waals surface area contributed by atoms with Gasteiger partial charge in [0.2, 0.25) is 0 Å². The Kier molecular flexibility index (Phi) is 8.09. The monoisotopic (exact) mass is 494 g/mol. The van der Waals surface area contributed by atoms with E-state index in [9.17, 15) is 9.90 Å². The highest BCUT2D eigenvalue weighted by molar-refractivity contribution is 9.10. The first-order valence-electron chi connectivity index (χ1n) is 9.53. The number of benzene rings is 2. The van der Waals surface area contributed by atoms with Crippen LogP contribution in [0.15, 0.2) is 46.0 Å². The normalized spacial score (nSPS) is 15.4. The minimum atomic E-state index is -0.171. The van der Waals surface area contributed by atoms with E-state index in [4.69, 9.17) is 16.3 Å². The number of carbonyl (C=O) groups is 1. The largest absolute Gasteiger partial charge is 0.503 e. The van der Waals surface area contributed by atoms with E-state index >= 15 is 0 Å². The van der Waals surface area contributed by atoms with Crippen molar-refractivity contribution in [2.24, 2.45) is 5.10 Å². The molecule has 2 aromatic carbocycles. The van der Waals surface area contributed by atoms with E-state index in [2.05, 4.69) is 36.3 Å². The van der Waals surface area contributed by atoms with E-state index < -0.39 is 0 Å². The van der Waals surface area contributed by atoms with Crippen LogP contribution >= 0.6 is 27.5 Å². The van der Waals surface area contributed by atoms with Gasteiger partial charge in [0.1, 0.15) is 0 Å². The first kappa shape index (κ1) is 22.6. The zero-order valence-electron chi connectivity index (χ0n) is 16.6. The fourth-order valence-corrected chi connectivity index (χ4v) is 3.87. The van der Waals surface area contributed by atoms with Crippen LogP contribution in [0.1, 0.15) is 11.1 Å². The molecule has 1 saturated heterocycles. The molecule has 2 N–H and O–H groups in total. The van der Waals surface area contributed by atoms with E-state index in [1.54, 1.807) is 12.1 Å². The van der Waals surface area contributed by atoms with Gasteiger partial charge in [-0.15, -0.1) is 0 Å². The van der Waals surface area contributed by atoms with Crippen LogP contribution in [0, 0.1) is 0 Å². The Bertz CT molecular complexity index is 917. The number of piperazine rings is 1. The zero-order chi connectivity index (χ0) is 21.5. The zero-order valence-corrected chi connectivity index (χ0v) is 19.0. The standard InChI is InChI=1S/C21H24BrClN4O3/c1-30-19-11-15(10-17(22)21(19)29)12-24-25-20(28)14-27-8-6-26(7-9-27)13-16-4-2-3-5-18(16)23/h2-5,10-12,29H,6-9,13-14H2,1H3,(H,25,28)/b24-12-. The highest BCUT2D eigenvalue weighted by Gasteiger charge is 2.19. The maximum atomic E-state index is 12.2. The number of hydrogen-bond donors (Lipinski definition) is 2. The number of hydrogen-bond acceptors (Lipinski definition) is 6. The summed E-state index contributed by atoms with van der Waals surface area (Å²) in [6.07, 6.45) is 1.51. The maximum Gasteiger partial charge on any atom is 0.254 e. The van der Waals surface area contributed by atoms with E-state index in [0.29, 0.717) is 22.3 Å². The molecule has 0 aliphatic carbocycles. The average molecular weight is 496 g/mol. The first-order valence-corrected chi connectivity index (χ1v) is 10.7. The van der Waals surface area contributed by atoms with Crippen molar-refractivity contribution in [2.45, 2.75) is 6.54 Å². The van der Waals surface area contributed by atoms with Crippen molar-refractivity contribution in [3.63, 3.8) is 0 Å². The number of aromatic hydroxyl groups is 1. The van der Waals surface area contributed by atoms with Crippen LogP contribution < -0.4 is 10.2 Å². The van der Waals surface area contributed by atoms with E-state index in [1.165, 1.54) is 13.3 Å². The summed E-state index contributed by atoms with van der Waals surface area (Å²) in [5.41, 5.74) is 4.36. The highest BCUT2D eigenvalue weighted by atomic mass is 79.9. The molecule has 1 aliphatic rings. The summed E-state index contributed by atoms with van der Waals surface area (Å²) < 4.78 is 5.59. The predicted octanol–water partition coefficient (Wildman–Crippen LogP) is 3.08. The molecule has 2 aromatic rings. The number of nitrogens with zero attached hydrogens (tertiary/aromatic N) is 3. The summed E-state index contributed by atoms with van der Waals surface area (Å²) >= 11 is 9.50. The number of methoxy groups -OCH3 is 1. The molecular weight excluding hydrogens is 472 g/mol. The second-order valence-corrected chi connectivity index (χ2v) is 8.25. The van der Waals surface area contributed by atoms with E-state index in [1.807, 2.05) is 24.3 Å². The molecule has 0 radical (unpaired) electrons. The lowest BCUT2D eigenvalue weighted by molar-refractivity contribution is -0.122. The number of phenolic OH excluding ortho intramolecular Hbond substituents is 1. The minimum absolute atomic E-state index is 0.0207. The number of carbonyl (C=O) groups excluding carboxylic acids is 1. The lowest BCUT2D eigenvalue weighted by Gasteiger charge is -2.34. The van der Waals surface area contributed by atoms with Crippen LogP contribution in [0.25, 0.3) is 0 Å². The van der Waals surface area contributed by atoms with Crippen LogP contribution in [0.3, 0.4) is 0 Å². The molecule has 30 heavy (non-hydrogen) atoms. The number of phenols is 1. The topological polar surface area (TPSA) is 77.4 Å². The highest BCUT2D eigenvalue weighted by Crippen LogP contribution is 2.34. The molecule has 0 spiro atoms. The second kappa shape index (κ2) is 10.8. The third-order valence-electron chi connectivity index (χ3n) is 4.86. The maximum absolute atomic E-state index is 12.2. The summed E-state index contributed by atoms with van der Waals surface area (Å²) in [6, 6.07) is 11.2. The van der Waals surface area contributed by atoms with Crippen molar-refractivity contribution in [1.29, 1.82) is 0 Å². The third-order valence-corrected chi connectivity index (χ3v) is 5.83. The van der Waals surface area contributed by atoms with Crippen molar-refractivity contribution in [1.82, 2.24) is 15.2 Å². The predicted molar refractivity (Wildman–Crippen MR) is 121 cm³/mol. The summed E-state index contributed by atoms with van der Waals surface area (Å²) in [5, 5.41) is 14.6. The van der Waals surface area contributed by atoms with Gasteiger partial charge in [-0.2, -0.15) is 5.10 Å². The van der Waals surface area contributed by atoms with Crippen LogP contribution in [0.2, 0.25) is 5.02 Å². The van der Waals surface area contributed by atoms with E-state index in [0.717, 1.165) is 43.3 Å². The van der Waals surface area contributed by atoms with Crippen LogP contribution in [0.4, 0.5) is 0 Å². The molecule has 0 atom stereocenters. The molecule has 0 unspecified atom stereocenters. The molecule has 0 saturated carbocycles. The number of amides is 1. The summed E-state index contributed by atoms with van der Waals surface area (Å²) in [6.45, 7) is 4.48. The number of hydrazone groups is 1. The fourth-order valence-electron chi connectivity index (χ4n) is 3.21.